The van der Waals surface area contributed by atoms with Crippen LogP contribution >= 0.6 is 0 Å². The molecular formula is C5H8N2OS. The maximum absolute atomic E-state index is 10.8. The van der Waals surface area contributed by atoms with E-state index in [0.29, 0.717) is 0 Å². The van der Waals surface area contributed by atoms with Gasteiger partial charge in [0.2, 0.25) is 0 Å². The molecule has 0 N–H and O–H groups in total. The van der Waals surface area contributed by atoms with Crippen LogP contribution in [0.5, 0.6) is 0 Å². The highest BCUT2D eigenvalue weighted by Crippen LogP contribution is 2.38. The fourth-order valence-corrected chi connectivity index (χ4v) is 2.37. The van der Waals surface area contributed by atoms with Gasteiger partial charge in [-0.1, -0.05) is 0 Å². The number of hydrogen-bond acceptors (Lipinski definition) is 3. The van der Waals surface area contributed by atoms with Crippen LogP contribution in [0.2, 0.25) is 0 Å². The quantitative estimate of drug-likeness (QED) is 0.493. The van der Waals surface area contributed by atoms with Crippen LogP contribution in [-0.4, -0.2) is 21.4 Å². The van der Waals surface area contributed by atoms with E-state index in [4.69, 9.17) is 0 Å². The van der Waals surface area contributed by atoms with Crippen molar-refractivity contribution in [1.29, 1.82) is 0 Å². The zero-order valence-corrected chi connectivity index (χ0v) is 5.86. The fourth-order valence-electron chi connectivity index (χ4n) is 1.05. The Balaban J connectivity index is 1.99. The Labute approximate surface area is 56.0 Å². The first-order valence-electron chi connectivity index (χ1n) is 3.10. The van der Waals surface area contributed by atoms with Crippen molar-refractivity contribution in [3.05, 3.63) is 0 Å². The van der Waals surface area contributed by atoms with Gasteiger partial charge in [0.1, 0.15) is 0 Å². The molecule has 0 radical (unpaired) electrons. The summed E-state index contributed by atoms with van der Waals surface area (Å²) in [5.41, 5.74) is -0.0338. The van der Waals surface area contributed by atoms with Gasteiger partial charge in [-0.05, 0) is 0 Å². The number of hydrogen-bond donors (Lipinski definition) is 0. The van der Waals surface area contributed by atoms with Crippen LogP contribution in [0.15, 0.2) is 10.2 Å². The van der Waals surface area contributed by atoms with Crippen molar-refractivity contribution >= 4 is 10.8 Å². The molecule has 0 aromatic rings. The van der Waals surface area contributed by atoms with Gasteiger partial charge in [-0.25, -0.2) is 0 Å². The molecule has 0 aromatic carbocycles. The molecule has 0 aliphatic carbocycles. The minimum absolute atomic E-state index is 0.0338. The van der Waals surface area contributed by atoms with E-state index in [1.807, 2.05) is 0 Å². The van der Waals surface area contributed by atoms with Crippen molar-refractivity contribution in [2.24, 2.45) is 10.2 Å². The summed E-state index contributed by atoms with van der Waals surface area (Å²) in [5.74, 6) is 1.60. The molecule has 3 nitrogen and oxygen atoms in total. The summed E-state index contributed by atoms with van der Waals surface area (Å²) in [7, 11) is -0.567. The van der Waals surface area contributed by atoms with Crippen LogP contribution in [0, 0.1) is 0 Å². The van der Waals surface area contributed by atoms with Crippen LogP contribution in [0.25, 0.3) is 0 Å². The average Bonchev–Trinajstić information content (AvgIpc) is 2.60. The molecule has 50 valence electrons. The lowest BCUT2D eigenvalue weighted by Crippen LogP contribution is -2.25. The Morgan fingerprint density at radius 1 is 1.22 bits per heavy atom. The predicted molar refractivity (Wildman–Crippen MR) is 34.7 cm³/mol. The monoisotopic (exact) mass is 144 g/mol. The molecule has 0 amide bonds. The Bertz CT molecular complexity index is 171. The summed E-state index contributed by atoms with van der Waals surface area (Å²) in [6.07, 6.45) is 1.83. The topological polar surface area (TPSA) is 41.8 Å². The molecule has 1 spiro atoms. The maximum atomic E-state index is 10.8. The first-order valence-corrected chi connectivity index (χ1v) is 4.59. The molecule has 0 unspecified atom stereocenters. The van der Waals surface area contributed by atoms with Crippen LogP contribution in [0.3, 0.4) is 0 Å². The molecule has 0 aromatic heterocycles. The van der Waals surface area contributed by atoms with Gasteiger partial charge in [0, 0.05) is 35.1 Å². The van der Waals surface area contributed by atoms with Gasteiger partial charge >= 0.3 is 0 Å². The molecular weight excluding hydrogens is 136 g/mol. The van der Waals surface area contributed by atoms with E-state index < -0.39 is 10.8 Å². The van der Waals surface area contributed by atoms with Crippen molar-refractivity contribution in [3.8, 4) is 0 Å². The van der Waals surface area contributed by atoms with E-state index in [9.17, 15) is 4.21 Å². The molecule has 2 heterocycles. The molecule has 4 heteroatoms. The molecule has 2 rings (SSSR count). The van der Waals surface area contributed by atoms with Gasteiger partial charge in [0.25, 0.3) is 0 Å². The van der Waals surface area contributed by atoms with Gasteiger partial charge in [0.05, 0.1) is 0 Å². The normalized spacial score (nSPS) is 31.1. The predicted octanol–water partition coefficient (Wildman–Crippen LogP) is 0.691. The lowest BCUT2D eigenvalue weighted by molar-refractivity contribution is 0.540. The highest BCUT2D eigenvalue weighted by molar-refractivity contribution is 7.85. The van der Waals surface area contributed by atoms with Crippen LogP contribution < -0.4 is 0 Å². The van der Waals surface area contributed by atoms with E-state index in [2.05, 4.69) is 10.2 Å². The maximum Gasteiger partial charge on any atom is 0.192 e. The van der Waals surface area contributed by atoms with Crippen molar-refractivity contribution in [3.63, 3.8) is 0 Å². The molecule has 2 aliphatic rings. The minimum atomic E-state index is -0.567. The Morgan fingerprint density at radius 2 is 1.78 bits per heavy atom. The van der Waals surface area contributed by atoms with Gasteiger partial charge < -0.3 is 0 Å². The smallest absolute Gasteiger partial charge is 0.192 e. The number of nitrogens with zero attached hydrogens (tertiary/aromatic N) is 2. The Hall–Kier alpha value is -0.250. The second-order valence-electron chi connectivity index (χ2n) is 2.53. The van der Waals surface area contributed by atoms with E-state index in [0.717, 1.165) is 24.3 Å². The van der Waals surface area contributed by atoms with E-state index >= 15 is 0 Å². The molecule has 1 saturated heterocycles. The zero-order valence-electron chi connectivity index (χ0n) is 5.04. The Kier molecular flexibility index (Phi) is 0.997. The third-order valence-electron chi connectivity index (χ3n) is 1.84. The lowest BCUT2D eigenvalue weighted by Gasteiger charge is -2.14. The molecule has 0 saturated carbocycles. The summed E-state index contributed by atoms with van der Waals surface area (Å²) < 4.78 is 10.8. The van der Waals surface area contributed by atoms with Gasteiger partial charge in [-0.3, -0.25) is 4.21 Å². The second-order valence-corrected chi connectivity index (χ2v) is 4.23. The first-order chi connectivity index (χ1) is 4.31. The Morgan fingerprint density at radius 3 is 2.22 bits per heavy atom. The molecule has 1 fully saturated rings. The van der Waals surface area contributed by atoms with Crippen LogP contribution in [0.1, 0.15) is 12.8 Å². The van der Waals surface area contributed by atoms with E-state index in [1.54, 1.807) is 0 Å². The third kappa shape index (κ3) is 0.913. The van der Waals surface area contributed by atoms with Gasteiger partial charge in [-0.15, -0.1) is 0 Å². The summed E-state index contributed by atoms with van der Waals surface area (Å²) in [5, 5.41) is 7.84. The standard InChI is InChI=1S/C5H8N2OS/c8-9-3-1-5(2-4-9)6-7-5/h1-4H2. The van der Waals surface area contributed by atoms with Crippen molar-refractivity contribution in [2.75, 3.05) is 11.5 Å². The molecule has 0 bridgehead atoms. The van der Waals surface area contributed by atoms with Gasteiger partial charge in [-0.2, -0.15) is 10.2 Å². The minimum Gasteiger partial charge on any atom is -0.260 e. The first kappa shape index (κ1) is 5.53. The van der Waals surface area contributed by atoms with Crippen molar-refractivity contribution in [1.82, 2.24) is 0 Å². The van der Waals surface area contributed by atoms with E-state index in [1.165, 1.54) is 0 Å². The summed E-state index contributed by atoms with van der Waals surface area (Å²) in [4.78, 5) is 0. The average molecular weight is 144 g/mol. The second kappa shape index (κ2) is 1.62. The van der Waals surface area contributed by atoms with Crippen molar-refractivity contribution < 1.29 is 4.21 Å². The summed E-state index contributed by atoms with van der Waals surface area (Å²) >= 11 is 0. The van der Waals surface area contributed by atoms with Crippen LogP contribution in [0.4, 0.5) is 0 Å². The zero-order chi connectivity index (χ0) is 6.32. The van der Waals surface area contributed by atoms with E-state index in [-0.39, 0.29) is 5.66 Å². The molecule has 0 atom stereocenters. The third-order valence-corrected chi connectivity index (χ3v) is 3.16. The lowest BCUT2D eigenvalue weighted by atomic mass is 10.1. The molecule has 9 heavy (non-hydrogen) atoms. The van der Waals surface area contributed by atoms with Crippen LogP contribution in [-0.2, 0) is 10.8 Å². The summed E-state index contributed by atoms with van der Waals surface area (Å²) in [6, 6.07) is 0. The molecule has 2 aliphatic heterocycles. The highest BCUT2D eigenvalue weighted by atomic mass is 32.2. The van der Waals surface area contributed by atoms with Crippen molar-refractivity contribution in [2.45, 2.75) is 18.5 Å². The highest BCUT2D eigenvalue weighted by Gasteiger charge is 2.42. The largest absolute Gasteiger partial charge is 0.260 e. The SMILES string of the molecule is O=S1CCC2(CC1)N=N2. The fraction of sp³-hybridized carbons (Fsp3) is 1.00. The summed E-state index contributed by atoms with van der Waals surface area (Å²) in [6.45, 7) is 0. The number of rotatable bonds is 0. The van der Waals surface area contributed by atoms with Gasteiger partial charge in [0.15, 0.2) is 5.66 Å².